The topological polar surface area (TPSA) is 68.6 Å². The van der Waals surface area contributed by atoms with E-state index < -0.39 is 11.9 Å². The molecule has 1 N–H and O–H groups in total. The predicted octanol–water partition coefficient (Wildman–Crippen LogP) is 4.48. The number of ether oxygens (including phenoxy) is 1. The van der Waals surface area contributed by atoms with Gasteiger partial charge in [0, 0.05) is 25.4 Å². The zero-order valence-electron chi connectivity index (χ0n) is 14.4. The molecule has 3 aromatic heterocycles. The number of alkyl halides is 3. The number of hydrogen-bond donors (Lipinski definition) is 1. The molecule has 0 aliphatic heterocycles. The lowest BCUT2D eigenvalue weighted by Crippen LogP contribution is -2.04. The molecule has 0 unspecified atom stereocenters. The van der Waals surface area contributed by atoms with Crippen molar-refractivity contribution in [2.45, 2.75) is 13.1 Å². The van der Waals surface area contributed by atoms with Gasteiger partial charge in [-0.15, -0.1) is 0 Å². The number of benzene rings is 1. The van der Waals surface area contributed by atoms with Gasteiger partial charge in [0.15, 0.2) is 5.82 Å². The van der Waals surface area contributed by atoms with Crippen molar-refractivity contribution >= 4 is 11.0 Å². The van der Waals surface area contributed by atoms with Crippen molar-refractivity contribution in [3.05, 3.63) is 54.2 Å². The molecule has 0 spiro atoms. The van der Waals surface area contributed by atoms with E-state index in [0.717, 1.165) is 23.1 Å². The molecule has 0 fully saturated rings. The fourth-order valence-electron chi connectivity index (χ4n) is 2.70. The highest BCUT2D eigenvalue weighted by Crippen LogP contribution is 2.30. The largest absolute Gasteiger partial charge is 0.457 e. The first-order valence-electron chi connectivity index (χ1n) is 8.01. The molecule has 9 heteroatoms. The van der Waals surface area contributed by atoms with Crippen LogP contribution in [-0.4, -0.2) is 24.5 Å². The molecule has 27 heavy (non-hydrogen) atoms. The van der Waals surface area contributed by atoms with E-state index in [4.69, 9.17) is 4.74 Å². The van der Waals surface area contributed by atoms with Crippen LogP contribution < -0.4 is 4.74 Å². The smallest absolute Gasteiger partial charge is 0.432 e. The molecule has 4 rings (SSSR count). The molecule has 0 bridgehead atoms. The number of H-pyrrole nitrogens is 1. The summed E-state index contributed by atoms with van der Waals surface area (Å²) in [6.07, 6.45) is -2.30. The third kappa shape index (κ3) is 3.23. The highest BCUT2D eigenvalue weighted by molar-refractivity contribution is 5.77. The molecule has 0 saturated heterocycles. The number of aromatic nitrogens is 5. The summed E-state index contributed by atoms with van der Waals surface area (Å²) in [7, 11) is 1.93. The number of halogens is 3. The maximum atomic E-state index is 12.7. The van der Waals surface area contributed by atoms with Crippen LogP contribution in [0, 0.1) is 6.92 Å². The van der Waals surface area contributed by atoms with Gasteiger partial charge in [-0.25, -0.2) is 9.97 Å². The van der Waals surface area contributed by atoms with Crippen LogP contribution in [-0.2, 0) is 13.2 Å². The lowest BCUT2D eigenvalue weighted by Gasteiger charge is -2.07. The zero-order chi connectivity index (χ0) is 19.2. The van der Waals surface area contributed by atoms with E-state index in [1.54, 1.807) is 18.2 Å². The van der Waals surface area contributed by atoms with Crippen LogP contribution in [0.2, 0.25) is 0 Å². The van der Waals surface area contributed by atoms with E-state index in [-0.39, 0.29) is 11.5 Å². The first-order chi connectivity index (χ1) is 12.8. The number of nitrogens with one attached hydrogen (secondary N) is 1. The number of hydrogen-bond acceptors (Lipinski definition) is 4. The van der Waals surface area contributed by atoms with Gasteiger partial charge >= 0.3 is 6.18 Å². The Hall–Kier alpha value is -3.36. The van der Waals surface area contributed by atoms with E-state index in [0.29, 0.717) is 11.5 Å². The normalized spacial score (nSPS) is 11.9. The Morgan fingerprint density at radius 1 is 1.07 bits per heavy atom. The maximum absolute atomic E-state index is 12.7. The van der Waals surface area contributed by atoms with Crippen LogP contribution in [0.25, 0.3) is 22.6 Å². The van der Waals surface area contributed by atoms with Crippen molar-refractivity contribution < 1.29 is 17.9 Å². The van der Waals surface area contributed by atoms with E-state index >= 15 is 0 Å². The average Bonchev–Trinajstić information content (AvgIpc) is 3.21. The highest BCUT2D eigenvalue weighted by Gasteiger charge is 2.33. The molecule has 0 amide bonds. The molecule has 0 atom stereocenters. The molecule has 3 heterocycles. The Morgan fingerprint density at radius 3 is 2.59 bits per heavy atom. The second kappa shape index (κ2) is 6.11. The number of pyridine rings is 1. The molecule has 0 aliphatic carbocycles. The molecule has 6 nitrogen and oxygen atoms in total. The Balaban J connectivity index is 1.62. The van der Waals surface area contributed by atoms with Crippen LogP contribution in [0.5, 0.6) is 11.5 Å². The van der Waals surface area contributed by atoms with Gasteiger partial charge in [0.25, 0.3) is 0 Å². The lowest BCUT2D eigenvalue weighted by molar-refractivity contribution is -0.140. The summed E-state index contributed by atoms with van der Waals surface area (Å²) < 4.78 is 45.9. The minimum absolute atomic E-state index is 0.0172. The summed E-state index contributed by atoms with van der Waals surface area (Å²) in [5.41, 5.74) is 1.09. The molecule has 1 aromatic carbocycles. The number of rotatable bonds is 3. The van der Waals surface area contributed by atoms with Crippen LogP contribution in [0.15, 0.2) is 42.7 Å². The second-order valence-electron chi connectivity index (χ2n) is 5.99. The van der Waals surface area contributed by atoms with E-state index in [1.807, 2.05) is 24.6 Å². The van der Waals surface area contributed by atoms with Crippen LogP contribution in [0.4, 0.5) is 13.2 Å². The SMILES string of the molecule is Cc1nc2cc(Oc3ccnc(-c4ncc(C(F)(F)F)[nH]4)c3)ccc2n1C. The highest BCUT2D eigenvalue weighted by atomic mass is 19.4. The van der Waals surface area contributed by atoms with Gasteiger partial charge in [-0.2, -0.15) is 13.2 Å². The van der Waals surface area contributed by atoms with E-state index in [1.165, 1.54) is 12.3 Å². The maximum Gasteiger partial charge on any atom is 0.432 e. The summed E-state index contributed by atoms with van der Waals surface area (Å²) in [6.45, 7) is 1.91. The average molecular weight is 373 g/mol. The van der Waals surface area contributed by atoms with Gasteiger partial charge in [0.05, 0.1) is 17.2 Å². The minimum atomic E-state index is -4.49. The number of nitrogens with zero attached hydrogens (tertiary/aromatic N) is 4. The summed E-state index contributed by atoms with van der Waals surface area (Å²) in [5, 5.41) is 0. The van der Waals surface area contributed by atoms with Gasteiger partial charge in [-0.05, 0) is 25.1 Å². The van der Waals surface area contributed by atoms with Crippen LogP contribution in [0.1, 0.15) is 11.5 Å². The molecule has 0 saturated carbocycles. The number of aromatic amines is 1. The predicted molar refractivity (Wildman–Crippen MR) is 92.3 cm³/mol. The van der Waals surface area contributed by atoms with Gasteiger partial charge in [-0.3, -0.25) is 4.98 Å². The fraction of sp³-hybridized carbons (Fsp3) is 0.167. The van der Waals surface area contributed by atoms with Crippen molar-refractivity contribution in [1.29, 1.82) is 0 Å². The fourth-order valence-corrected chi connectivity index (χ4v) is 2.70. The zero-order valence-corrected chi connectivity index (χ0v) is 14.4. The Morgan fingerprint density at radius 2 is 1.85 bits per heavy atom. The first-order valence-corrected chi connectivity index (χ1v) is 8.01. The van der Waals surface area contributed by atoms with Crippen molar-refractivity contribution in [3.63, 3.8) is 0 Å². The quantitative estimate of drug-likeness (QED) is 0.575. The van der Waals surface area contributed by atoms with Crippen LogP contribution >= 0.6 is 0 Å². The van der Waals surface area contributed by atoms with E-state index in [9.17, 15) is 13.2 Å². The second-order valence-corrected chi connectivity index (χ2v) is 5.99. The standard InChI is InChI=1S/C18H14F3N5O/c1-10-24-13-7-11(3-4-15(13)26(10)2)27-12-5-6-22-14(8-12)17-23-9-16(25-17)18(19,20)21/h3-9H,1-2H3,(H,23,25). The van der Waals surface area contributed by atoms with Gasteiger partial charge in [0.1, 0.15) is 28.7 Å². The molecule has 138 valence electrons. The third-order valence-electron chi connectivity index (χ3n) is 4.17. The van der Waals surface area contributed by atoms with Crippen molar-refractivity contribution in [2.75, 3.05) is 0 Å². The summed E-state index contributed by atoms with van der Waals surface area (Å²) in [5.74, 6) is 1.89. The summed E-state index contributed by atoms with van der Waals surface area (Å²) in [6, 6.07) is 8.64. The molecular weight excluding hydrogens is 359 g/mol. The minimum Gasteiger partial charge on any atom is -0.457 e. The molecule has 0 aliphatic rings. The van der Waals surface area contributed by atoms with E-state index in [2.05, 4.69) is 19.9 Å². The van der Waals surface area contributed by atoms with Gasteiger partial charge in [0.2, 0.25) is 0 Å². The summed E-state index contributed by atoms with van der Waals surface area (Å²) in [4.78, 5) is 14.5. The Labute approximate surface area is 151 Å². The number of fused-ring (bicyclic) bond motifs is 1. The van der Waals surface area contributed by atoms with Crippen molar-refractivity contribution in [1.82, 2.24) is 24.5 Å². The van der Waals surface area contributed by atoms with Crippen LogP contribution in [0.3, 0.4) is 0 Å². The monoisotopic (exact) mass is 373 g/mol. The molecule has 4 aromatic rings. The van der Waals surface area contributed by atoms with Crippen molar-refractivity contribution in [2.24, 2.45) is 7.05 Å². The van der Waals surface area contributed by atoms with Gasteiger partial charge in [-0.1, -0.05) is 0 Å². The lowest BCUT2D eigenvalue weighted by atomic mass is 10.3. The third-order valence-corrected chi connectivity index (χ3v) is 4.17. The van der Waals surface area contributed by atoms with Crippen molar-refractivity contribution in [3.8, 4) is 23.0 Å². The summed E-state index contributed by atoms with van der Waals surface area (Å²) >= 11 is 0. The Kier molecular flexibility index (Phi) is 3.87. The van der Waals surface area contributed by atoms with Gasteiger partial charge < -0.3 is 14.3 Å². The number of aryl methyl sites for hydroxylation is 2. The number of imidazole rings is 2. The first kappa shape index (κ1) is 17.1. The molecular formula is C18H14F3N5O. The molecule has 0 radical (unpaired) electrons. The Bertz CT molecular complexity index is 1130.